The van der Waals surface area contributed by atoms with Crippen LogP contribution in [0, 0.1) is 0 Å². The van der Waals surface area contributed by atoms with Crippen molar-refractivity contribution in [3.05, 3.63) is 40.3 Å². The molecule has 0 unspecified atom stereocenters. The molecule has 0 aromatic carbocycles. The number of nitrogens with one attached hydrogen (secondary N) is 1. The standard InChI is InChI=1S/C14H17N3O2/c1-3-6-12(18)16-17-13-11(7-5-8-15-13)9-10(4-2)14(17)19/h5,7-9H,3-4,6H2,1-2H3,(H,16,18). The number of carbonyl (C=O) groups is 1. The van der Waals surface area contributed by atoms with Gasteiger partial charge in [-0.05, 0) is 31.0 Å². The second-order valence-electron chi connectivity index (χ2n) is 4.36. The lowest BCUT2D eigenvalue weighted by atomic mass is 10.2. The van der Waals surface area contributed by atoms with Crippen LogP contribution in [0.1, 0.15) is 32.3 Å². The number of carbonyl (C=O) groups excluding carboxylic acids is 1. The molecule has 0 atom stereocenters. The number of nitrogens with zero attached hydrogens (tertiary/aromatic N) is 2. The first kappa shape index (κ1) is 13.3. The Morgan fingerprint density at radius 1 is 1.42 bits per heavy atom. The van der Waals surface area contributed by atoms with Crippen LogP contribution < -0.4 is 11.0 Å². The van der Waals surface area contributed by atoms with Crippen LogP contribution in [0.15, 0.2) is 29.2 Å². The summed E-state index contributed by atoms with van der Waals surface area (Å²) in [6.45, 7) is 3.83. The molecular weight excluding hydrogens is 242 g/mol. The molecule has 0 saturated heterocycles. The van der Waals surface area contributed by atoms with E-state index in [0.29, 0.717) is 24.1 Å². The summed E-state index contributed by atoms with van der Waals surface area (Å²) in [6.07, 6.45) is 3.35. The van der Waals surface area contributed by atoms with E-state index in [1.165, 1.54) is 4.68 Å². The van der Waals surface area contributed by atoms with E-state index in [1.54, 1.807) is 6.20 Å². The molecule has 0 fully saturated rings. The molecule has 1 amide bonds. The quantitative estimate of drug-likeness (QED) is 0.911. The molecule has 2 aromatic heterocycles. The Morgan fingerprint density at radius 2 is 2.21 bits per heavy atom. The molecule has 0 aliphatic rings. The normalized spacial score (nSPS) is 10.6. The lowest BCUT2D eigenvalue weighted by Gasteiger charge is -2.12. The van der Waals surface area contributed by atoms with Crippen molar-refractivity contribution in [3.8, 4) is 0 Å². The van der Waals surface area contributed by atoms with Crippen molar-refractivity contribution >= 4 is 16.9 Å². The molecule has 19 heavy (non-hydrogen) atoms. The highest BCUT2D eigenvalue weighted by Crippen LogP contribution is 2.10. The average molecular weight is 259 g/mol. The van der Waals surface area contributed by atoms with Gasteiger partial charge in [-0.15, -0.1) is 0 Å². The van der Waals surface area contributed by atoms with Gasteiger partial charge in [0.25, 0.3) is 5.56 Å². The highest BCUT2D eigenvalue weighted by molar-refractivity contribution is 5.86. The third-order valence-corrected chi connectivity index (χ3v) is 2.93. The molecule has 2 rings (SSSR count). The van der Waals surface area contributed by atoms with E-state index in [-0.39, 0.29) is 11.5 Å². The molecule has 2 heterocycles. The first-order chi connectivity index (χ1) is 9.17. The predicted octanol–water partition coefficient (Wildman–Crippen LogP) is 1.83. The zero-order chi connectivity index (χ0) is 13.8. The number of aryl methyl sites for hydroxylation is 1. The van der Waals surface area contributed by atoms with Crippen molar-refractivity contribution in [1.29, 1.82) is 0 Å². The summed E-state index contributed by atoms with van der Waals surface area (Å²) in [5.74, 6) is -0.176. The van der Waals surface area contributed by atoms with Gasteiger partial charge in [0.15, 0.2) is 5.65 Å². The number of fused-ring (bicyclic) bond motifs is 1. The van der Waals surface area contributed by atoms with Crippen LogP contribution in [-0.4, -0.2) is 15.6 Å². The molecule has 100 valence electrons. The third kappa shape index (κ3) is 2.65. The van der Waals surface area contributed by atoms with Crippen LogP contribution in [-0.2, 0) is 11.2 Å². The number of hydrogen-bond acceptors (Lipinski definition) is 3. The van der Waals surface area contributed by atoms with Gasteiger partial charge in [-0.25, -0.2) is 4.98 Å². The molecule has 0 saturated carbocycles. The molecule has 0 radical (unpaired) electrons. The van der Waals surface area contributed by atoms with Gasteiger partial charge in [-0.1, -0.05) is 13.8 Å². The van der Waals surface area contributed by atoms with Crippen LogP contribution in [0.4, 0.5) is 0 Å². The molecule has 0 spiro atoms. The maximum atomic E-state index is 12.3. The van der Waals surface area contributed by atoms with E-state index in [0.717, 1.165) is 11.8 Å². The van der Waals surface area contributed by atoms with E-state index < -0.39 is 0 Å². The van der Waals surface area contributed by atoms with Crippen molar-refractivity contribution in [2.24, 2.45) is 0 Å². The third-order valence-electron chi connectivity index (χ3n) is 2.93. The molecule has 0 aliphatic heterocycles. The van der Waals surface area contributed by atoms with E-state index in [2.05, 4.69) is 10.4 Å². The van der Waals surface area contributed by atoms with Crippen molar-refractivity contribution in [3.63, 3.8) is 0 Å². The summed E-state index contributed by atoms with van der Waals surface area (Å²) >= 11 is 0. The monoisotopic (exact) mass is 259 g/mol. The fourth-order valence-electron chi connectivity index (χ4n) is 1.96. The topological polar surface area (TPSA) is 64.0 Å². The highest BCUT2D eigenvalue weighted by Gasteiger charge is 2.10. The second kappa shape index (κ2) is 5.65. The molecule has 0 bridgehead atoms. The van der Waals surface area contributed by atoms with Gasteiger partial charge in [0.2, 0.25) is 5.91 Å². The van der Waals surface area contributed by atoms with E-state index in [4.69, 9.17) is 0 Å². The maximum absolute atomic E-state index is 12.3. The molecule has 1 N–H and O–H groups in total. The van der Waals surface area contributed by atoms with Crippen LogP contribution >= 0.6 is 0 Å². The lowest BCUT2D eigenvalue weighted by molar-refractivity contribution is -0.117. The van der Waals surface area contributed by atoms with Crippen molar-refractivity contribution < 1.29 is 4.79 Å². The van der Waals surface area contributed by atoms with Gasteiger partial charge in [0, 0.05) is 23.6 Å². The predicted molar refractivity (Wildman–Crippen MR) is 74.7 cm³/mol. The Hall–Kier alpha value is -2.17. The Bertz CT molecular complexity index is 661. The van der Waals surface area contributed by atoms with Gasteiger partial charge in [0.1, 0.15) is 0 Å². The van der Waals surface area contributed by atoms with Crippen molar-refractivity contribution in [2.45, 2.75) is 33.1 Å². The number of aromatic nitrogens is 2. The summed E-state index contributed by atoms with van der Waals surface area (Å²) in [6, 6.07) is 5.51. The minimum atomic E-state index is -0.210. The van der Waals surface area contributed by atoms with Crippen LogP contribution in [0.5, 0.6) is 0 Å². The van der Waals surface area contributed by atoms with Gasteiger partial charge < -0.3 is 0 Å². The first-order valence-electron chi connectivity index (χ1n) is 6.46. The largest absolute Gasteiger partial charge is 0.274 e. The van der Waals surface area contributed by atoms with Gasteiger partial charge in [0.05, 0.1) is 0 Å². The Balaban J connectivity index is 2.59. The zero-order valence-electron chi connectivity index (χ0n) is 11.1. The first-order valence-corrected chi connectivity index (χ1v) is 6.46. The van der Waals surface area contributed by atoms with Crippen LogP contribution in [0.3, 0.4) is 0 Å². The number of rotatable bonds is 4. The smallest absolute Gasteiger partial charge is 0.273 e. The van der Waals surface area contributed by atoms with Crippen molar-refractivity contribution in [1.82, 2.24) is 9.66 Å². The number of amides is 1. The minimum Gasteiger partial charge on any atom is -0.273 e. The SMILES string of the molecule is CCCC(=O)Nn1c(=O)c(CC)cc2cccnc21. The Labute approximate surface area is 111 Å². The maximum Gasteiger partial charge on any atom is 0.274 e. The molecular formula is C14H17N3O2. The van der Waals surface area contributed by atoms with Gasteiger partial charge >= 0.3 is 0 Å². The molecule has 2 aromatic rings. The van der Waals surface area contributed by atoms with E-state index in [9.17, 15) is 9.59 Å². The van der Waals surface area contributed by atoms with E-state index in [1.807, 2.05) is 32.0 Å². The summed E-state index contributed by atoms with van der Waals surface area (Å²) in [5.41, 5.74) is 3.57. The molecule has 5 heteroatoms. The van der Waals surface area contributed by atoms with Crippen molar-refractivity contribution in [2.75, 3.05) is 5.43 Å². The fraction of sp³-hybridized carbons (Fsp3) is 0.357. The van der Waals surface area contributed by atoms with Gasteiger partial charge in [-0.2, -0.15) is 4.68 Å². The summed E-state index contributed by atoms with van der Waals surface area (Å²) in [4.78, 5) is 28.2. The zero-order valence-corrected chi connectivity index (χ0v) is 11.1. The van der Waals surface area contributed by atoms with Crippen LogP contribution in [0.25, 0.3) is 11.0 Å². The Morgan fingerprint density at radius 3 is 2.89 bits per heavy atom. The van der Waals surface area contributed by atoms with Crippen LogP contribution in [0.2, 0.25) is 0 Å². The molecule has 5 nitrogen and oxygen atoms in total. The summed E-state index contributed by atoms with van der Waals surface area (Å²) in [7, 11) is 0. The number of hydrogen-bond donors (Lipinski definition) is 1. The molecule has 0 aliphatic carbocycles. The summed E-state index contributed by atoms with van der Waals surface area (Å²) < 4.78 is 1.26. The fourth-order valence-corrected chi connectivity index (χ4v) is 1.96. The Kier molecular flexibility index (Phi) is 3.94. The summed E-state index contributed by atoms with van der Waals surface area (Å²) in [5, 5.41) is 0.843. The minimum absolute atomic E-state index is 0.176. The number of pyridine rings is 2. The van der Waals surface area contributed by atoms with Gasteiger partial charge in [-0.3, -0.25) is 15.0 Å². The van der Waals surface area contributed by atoms with E-state index >= 15 is 0 Å². The second-order valence-corrected chi connectivity index (χ2v) is 4.36. The average Bonchev–Trinajstić information content (AvgIpc) is 2.42. The lowest BCUT2D eigenvalue weighted by Crippen LogP contribution is -2.35. The highest BCUT2D eigenvalue weighted by atomic mass is 16.2.